The number of benzene rings is 2. The first kappa shape index (κ1) is 17.9. The van der Waals surface area contributed by atoms with Gasteiger partial charge >= 0.3 is 6.18 Å². The first-order valence-electron chi connectivity index (χ1n) is 7.69. The van der Waals surface area contributed by atoms with Crippen LogP contribution in [0.2, 0.25) is 0 Å². The molecule has 26 heavy (non-hydrogen) atoms. The fraction of sp³-hybridized carbons (Fsp3) is 0.235. The van der Waals surface area contributed by atoms with Crippen LogP contribution in [0.25, 0.3) is 10.9 Å². The van der Waals surface area contributed by atoms with Crippen molar-refractivity contribution < 1.29 is 18.1 Å². The molecular weight excluding hydrogens is 349 g/mol. The van der Waals surface area contributed by atoms with Crippen molar-refractivity contribution in [3.05, 3.63) is 69.9 Å². The van der Waals surface area contributed by atoms with E-state index in [1.54, 1.807) is 16.9 Å². The van der Waals surface area contributed by atoms with Gasteiger partial charge in [0.2, 0.25) is 0 Å². The molecule has 0 aliphatic heterocycles. The normalized spacial score (nSPS) is 12.0. The van der Waals surface area contributed by atoms with E-state index in [4.69, 9.17) is 0 Å². The lowest BCUT2D eigenvalue weighted by Gasteiger charge is -2.18. The van der Waals surface area contributed by atoms with Gasteiger partial charge in [0.25, 0.3) is 5.69 Å². The maximum absolute atomic E-state index is 12.6. The minimum absolute atomic E-state index is 0.00448. The van der Waals surface area contributed by atoms with Gasteiger partial charge in [-0.2, -0.15) is 18.3 Å². The van der Waals surface area contributed by atoms with Gasteiger partial charge in [0.15, 0.2) is 0 Å². The molecule has 0 aliphatic rings. The number of nitro groups is 1. The summed E-state index contributed by atoms with van der Waals surface area (Å²) in [5, 5.41) is 15.7. The van der Waals surface area contributed by atoms with Crippen LogP contribution in [0.3, 0.4) is 0 Å². The third-order valence-electron chi connectivity index (χ3n) is 3.95. The largest absolute Gasteiger partial charge is 0.416 e. The van der Waals surface area contributed by atoms with Gasteiger partial charge in [-0.25, -0.2) is 0 Å². The van der Waals surface area contributed by atoms with E-state index in [1.807, 2.05) is 11.9 Å². The monoisotopic (exact) mass is 364 g/mol. The summed E-state index contributed by atoms with van der Waals surface area (Å²) in [5.41, 5.74) is 0.807. The highest BCUT2D eigenvalue weighted by atomic mass is 19.4. The molecule has 0 bridgehead atoms. The van der Waals surface area contributed by atoms with Crippen LogP contribution in [0.4, 0.5) is 18.9 Å². The number of nitrogens with zero attached hydrogens (tertiary/aromatic N) is 4. The molecule has 2 aromatic carbocycles. The van der Waals surface area contributed by atoms with Crippen LogP contribution in [0.1, 0.15) is 11.1 Å². The number of alkyl halides is 3. The first-order chi connectivity index (χ1) is 12.2. The summed E-state index contributed by atoms with van der Waals surface area (Å²) in [4.78, 5) is 12.2. The number of non-ortho nitro benzene ring substituents is 1. The molecule has 1 heterocycles. The summed E-state index contributed by atoms with van der Waals surface area (Å²) in [6.45, 7) is 0.828. The lowest BCUT2D eigenvalue weighted by atomic mass is 10.1. The van der Waals surface area contributed by atoms with Crippen LogP contribution in [-0.2, 0) is 19.4 Å². The molecule has 0 saturated heterocycles. The number of hydrogen-bond donors (Lipinski definition) is 0. The van der Waals surface area contributed by atoms with Gasteiger partial charge in [0.05, 0.1) is 28.9 Å². The Bertz CT molecular complexity index is 935. The Balaban J connectivity index is 1.71. The third kappa shape index (κ3) is 3.83. The summed E-state index contributed by atoms with van der Waals surface area (Å²) in [6.07, 6.45) is -2.80. The molecule has 0 amide bonds. The molecule has 136 valence electrons. The molecule has 0 fully saturated rings. The van der Waals surface area contributed by atoms with Crippen molar-refractivity contribution in [1.29, 1.82) is 0 Å². The average Bonchev–Trinajstić information content (AvgIpc) is 2.96. The van der Waals surface area contributed by atoms with Crippen LogP contribution >= 0.6 is 0 Å². The van der Waals surface area contributed by atoms with Crippen molar-refractivity contribution >= 4 is 16.6 Å². The molecule has 3 rings (SSSR count). The number of hydrogen-bond acceptors (Lipinski definition) is 4. The Morgan fingerprint density at radius 2 is 1.88 bits per heavy atom. The molecule has 0 unspecified atom stereocenters. The van der Waals surface area contributed by atoms with Crippen LogP contribution < -0.4 is 0 Å². The second-order valence-corrected chi connectivity index (χ2v) is 5.99. The van der Waals surface area contributed by atoms with E-state index < -0.39 is 16.7 Å². The molecule has 0 spiro atoms. The summed E-state index contributed by atoms with van der Waals surface area (Å²) in [6, 6.07) is 9.52. The molecular formula is C17H15F3N4O2. The highest BCUT2D eigenvalue weighted by Gasteiger charge is 2.29. The van der Waals surface area contributed by atoms with E-state index in [9.17, 15) is 23.3 Å². The van der Waals surface area contributed by atoms with E-state index >= 15 is 0 Å². The standard InChI is InChI=1S/C17H15F3N4O2/c1-22(10-12-2-4-14(5-3-12)17(18,19)20)11-23-16-7-6-15(24(25)26)8-13(16)9-21-23/h2-9H,10-11H2,1H3. The summed E-state index contributed by atoms with van der Waals surface area (Å²) >= 11 is 0. The molecule has 6 nitrogen and oxygen atoms in total. The fourth-order valence-electron chi connectivity index (χ4n) is 2.69. The van der Waals surface area contributed by atoms with Gasteiger partial charge in [-0.15, -0.1) is 0 Å². The second-order valence-electron chi connectivity index (χ2n) is 5.99. The van der Waals surface area contributed by atoms with Crippen molar-refractivity contribution in [2.75, 3.05) is 7.05 Å². The second kappa shape index (κ2) is 6.75. The molecule has 3 aromatic rings. The van der Waals surface area contributed by atoms with Crippen LogP contribution in [0.15, 0.2) is 48.7 Å². The predicted octanol–water partition coefficient (Wildman–Crippen LogP) is 4.05. The highest BCUT2D eigenvalue weighted by molar-refractivity contribution is 5.81. The maximum Gasteiger partial charge on any atom is 0.416 e. The Morgan fingerprint density at radius 1 is 1.19 bits per heavy atom. The summed E-state index contributed by atoms with van der Waals surface area (Å²) in [5.74, 6) is 0. The molecule has 0 saturated carbocycles. The molecule has 9 heteroatoms. The number of aromatic nitrogens is 2. The molecule has 0 aliphatic carbocycles. The summed E-state index contributed by atoms with van der Waals surface area (Å²) in [7, 11) is 1.82. The van der Waals surface area contributed by atoms with E-state index in [2.05, 4.69) is 5.10 Å². The van der Waals surface area contributed by atoms with Crippen LogP contribution in [0.5, 0.6) is 0 Å². The van der Waals surface area contributed by atoms with E-state index in [0.29, 0.717) is 18.6 Å². The smallest absolute Gasteiger partial charge is 0.283 e. The van der Waals surface area contributed by atoms with E-state index in [-0.39, 0.29) is 5.69 Å². The maximum atomic E-state index is 12.6. The lowest BCUT2D eigenvalue weighted by molar-refractivity contribution is -0.384. The van der Waals surface area contributed by atoms with Gasteiger partial charge in [0, 0.05) is 24.1 Å². The lowest BCUT2D eigenvalue weighted by Crippen LogP contribution is -2.22. The van der Waals surface area contributed by atoms with E-state index in [0.717, 1.165) is 23.2 Å². The topological polar surface area (TPSA) is 64.2 Å². The van der Waals surface area contributed by atoms with Gasteiger partial charge < -0.3 is 0 Å². The predicted molar refractivity (Wildman–Crippen MR) is 89.3 cm³/mol. The first-order valence-corrected chi connectivity index (χ1v) is 7.69. The fourth-order valence-corrected chi connectivity index (χ4v) is 2.69. The minimum Gasteiger partial charge on any atom is -0.283 e. The molecule has 0 N–H and O–H groups in total. The highest BCUT2D eigenvalue weighted by Crippen LogP contribution is 2.29. The van der Waals surface area contributed by atoms with Gasteiger partial charge in [0.1, 0.15) is 0 Å². The number of fused-ring (bicyclic) bond motifs is 1. The summed E-state index contributed by atoms with van der Waals surface area (Å²) < 4.78 is 39.5. The zero-order chi connectivity index (χ0) is 18.9. The van der Waals surface area contributed by atoms with Crippen LogP contribution in [-0.4, -0.2) is 26.7 Å². The van der Waals surface area contributed by atoms with E-state index in [1.165, 1.54) is 24.3 Å². The van der Waals surface area contributed by atoms with Crippen LogP contribution in [0, 0.1) is 10.1 Å². The number of halogens is 3. The van der Waals surface area contributed by atoms with Gasteiger partial charge in [-0.1, -0.05) is 12.1 Å². The Morgan fingerprint density at radius 3 is 2.50 bits per heavy atom. The SMILES string of the molecule is CN(Cc1ccc(C(F)(F)F)cc1)Cn1ncc2cc([N+](=O)[O-])ccc21. The van der Waals surface area contributed by atoms with Crippen molar-refractivity contribution in [2.45, 2.75) is 19.4 Å². The van der Waals surface area contributed by atoms with Crippen molar-refractivity contribution in [1.82, 2.24) is 14.7 Å². The van der Waals surface area contributed by atoms with Crippen molar-refractivity contribution in [3.8, 4) is 0 Å². The Hall–Kier alpha value is -2.94. The molecule has 1 aromatic heterocycles. The molecule has 0 atom stereocenters. The molecule has 0 radical (unpaired) electrons. The zero-order valence-electron chi connectivity index (χ0n) is 13.8. The average molecular weight is 364 g/mol. The Labute approximate surface area is 146 Å². The third-order valence-corrected chi connectivity index (χ3v) is 3.95. The van der Waals surface area contributed by atoms with Crippen molar-refractivity contribution in [3.63, 3.8) is 0 Å². The Kier molecular flexibility index (Phi) is 4.64. The zero-order valence-corrected chi connectivity index (χ0v) is 13.8. The minimum atomic E-state index is -4.35. The number of nitro benzene ring substituents is 1. The van der Waals surface area contributed by atoms with Crippen molar-refractivity contribution in [2.24, 2.45) is 0 Å². The van der Waals surface area contributed by atoms with Gasteiger partial charge in [-0.05, 0) is 30.8 Å². The number of rotatable bonds is 5. The quantitative estimate of drug-likeness (QED) is 0.506. The van der Waals surface area contributed by atoms with Gasteiger partial charge in [-0.3, -0.25) is 19.7 Å².